The van der Waals surface area contributed by atoms with Crippen molar-refractivity contribution in [2.75, 3.05) is 0 Å². The van der Waals surface area contributed by atoms with E-state index in [1.807, 2.05) is 0 Å². The van der Waals surface area contributed by atoms with Crippen LogP contribution in [0, 0.1) is 22.7 Å². The van der Waals surface area contributed by atoms with Gasteiger partial charge in [0, 0.05) is 5.41 Å². The van der Waals surface area contributed by atoms with Crippen molar-refractivity contribution in [3.8, 4) is 0 Å². The molecule has 4 atom stereocenters. The number of allylic oxidation sites excluding steroid dienone is 1. The zero-order chi connectivity index (χ0) is 11.8. The summed E-state index contributed by atoms with van der Waals surface area (Å²) in [6.07, 6.45) is 7.05. The number of rotatable bonds is 0. The minimum Gasteiger partial charge on any atom is -0.385 e. The van der Waals surface area contributed by atoms with Crippen LogP contribution in [0.25, 0.3) is 0 Å². The minimum atomic E-state index is -0.467. The molecule has 0 radical (unpaired) electrons. The molecule has 0 bridgehead atoms. The van der Waals surface area contributed by atoms with E-state index in [1.54, 1.807) is 0 Å². The molecule has 1 unspecified atom stereocenters. The molecule has 0 aromatic heterocycles. The lowest BCUT2D eigenvalue weighted by molar-refractivity contribution is 0.00855. The quantitative estimate of drug-likeness (QED) is 0.619. The summed E-state index contributed by atoms with van der Waals surface area (Å²) in [5, 5.41) is 11.1. The Morgan fingerprint density at radius 3 is 2.62 bits per heavy atom. The van der Waals surface area contributed by atoms with Gasteiger partial charge >= 0.3 is 0 Å². The van der Waals surface area contributed by atoms with Gasteiger partial charge in [-0.3, -0.25) is 0 Å². The van der Waals surface area contributed by atoms with Crippen molar-refractivity contribution < 1.29 is 5.11 Å². The van der Waals surface area contributed by atoms with Gasteiger partial charge in [-0.05, 0) is 48.5 Å². The third-order valence-electron chi connectivity index (χ3n) is 5.62. The summed E-state index contributed by atoms with van der Waals surface area (Å²) in [5.41, 5.74) is 1.36. The van der Waals surface area contributed by atoms with Crippen molar-refractivity contribution in [2.45, 2.75) is 59.0 Å². The summed E-state index contributed by atoms with van der Waals surface area (Å²) in [6.45, 7) is 9.25. The zero-order valence-electron chi connectivity index (χ0n) is 11.0. The fourth-order valence-electron chi connectivity index (χ4n) is 4.38. The van der Waals surface area contributed by atoms with Gasteiger partial charge in [-0.25, -0.2) is 0 Å². The first kappa shape index (κ1) is 10.8. The Morgan fingerprint density at radius 2 is 1.94 bits per heavy atom. The summed E-state index contributed by atoms with van der Waals surface area (Å²) in [4.78, 5) is 0. The van der Waals surface area contributed by atoms with E-state index in [4.69, 9.17) is 0 Å². The molecule has 0 aliphatic heterocycles. The third-order valence-corrected chi connectivity index (χ3v) is 5.62. The Morgan fingerprint density at radius 1 is 1.25 bits per heavy atom. The first-order valence-corrected chi connectivity index (χ1v) is 6.74. The minimum absolute atomic E-state index is 0.192. The first-order valence-electron chi connectivity index (χ1n) is 6.74. The molecule has 0 saturated heterocycles. The van der Waals surface area contributed by atoms with Crippen LogP contribution < -0.4 is 0 Å². The van der Waals surface area contributed by atoms with Crippen LogP contribution in [0.1, 0.15) is 53.4 Å². The Labute approximate surface area is 98.9 Å². The molecule has 1 nitrogen and oxygen atoms in total. The normalized spacial score (nSPS) is 53.7. The number of hydrogen-bond donors (Lipinski definition) is 1. The van der Waals surface area contributed by atoms with E-state index in [9.17, 15) is 5.11 Å². The van der Waals surface area contributed by atoms with Gasteiger partial charge in [0.1, 0.15) is 0 Å². The lowest BCUT2D eigenvalue weighted by Gasteiger charge is -2.33. The molecule has 16 heavy (non-hydrogen) atoms. The summed E-state index contributed by atoms with van der Waals surface area (Å²) in [5.74, 6) is 1.33. The molecule has 3 aliphatic rings. The van der Waals surface area contributed by atoms with Crippen LogP contribution in [0.4, 0.5) is 0 Å². The Bertz CT molecular complexity index is 368. The van der Waals surface area contributed by atoms with Crippen LogP contribution >= 0.6 is 0 Å². The van der Waals surface area contributed by atoms with Gasteiger partial charge in [-0.15, -0.1) is 0 Å². The molecular weight excluding hydrogens is 196 g/mol. The van der Waals surface area contributed by atoms with Crippen molar-refractivity contribution in [3.63, 3.8) is 0 Å². The maximum absolute atomic E-state index is 11.1. The van der Waals surface area contributed by atoms with Gasteiger partial charge < -0.3 is 5.11 Å². The van der Waals surface area contributed by atoms with Gasteiger partial charge in [0.25, 0.3) is 0 Å². The Hall–Kier alpha value is -0.300. The molecule has 3 rings (SSSR count). The van der Waals surface area contributed by atoms with E-state index in [1.165, 1.54) is 24.8 Å². The second kappa shape index (κ2) is 2.75. The highest BCUT2D eigenvalue weighted by Crippen LogP contribution is 2.70. The molecule has 90 valence electrons. The van der Waals surface area contributed by atoms with Gasteiger partial charge in [-0.2, -0.15) is 0 Å². The first-order chi connectivity index (χ1) is 7.29. The van der Waals surface area contributed by atoms with Crippen molar-refractivity contribution >= 4 is 0 Å². The van der Waals surface area contributed by atoms with Crippen LogP contribution in [-0.4, -0.2) is 10.7 Å². The molecule has 1 heteroatoms. The Kier molecular flexibility index (Phi) is 1.86. The summed E-state index contributed by atoms with van der Waals surface area (Å²) >= 11 is 0. The van der Waals surface area contributed by atoms with Crippen LogP contribution in [0.15, 0.2) is 11.6 Å². The largest absolute Gasteiger partial charge is 0.385 e. The van der Waals surface area contributed by atoms with Crippen LogP contribution in [0.3, 0.4) is 0 Å². The van der Waals surface area contributed by atoms with E-state index in [0.29, 0.717) is 5.92 Å². The molecule has 3 aliphatic carbocycles. The molecule has 2 fully saturated rings. The predicted octanol–water partition coefficient (Wildman–Crippen LogP) is 3.53. The second-order valence-corrected chi connectivity index (χ2v) is 7.41. The number of hydrogen-bond acceptors (Lipinski definition) is 1. The second-order valence-electron chi connectivity index (χ2n) is 7.41. The van der Waals surface area contributed by atoms with Crippen LogP contribution in [0.2, 0.25) is 0 Å². The van der Waals surface area contributed by atoms with Crippen molar-refractivity contribution in [2.24, 2.45) is 22.7 Å². The number of aliphatic hydroxyl groups is 1. The van der Waals surface area contributed by atoms with Crippen molar-refractivity contribution in [1.82, 2.24) is 0 Å². The van der Waals surface area contributed by atoms with Gasteiger partial charge in [0.2, 0.25) is 0 Å². The highest BCUT2D eigenvalue weighted by atomic mass is 16.3. The third kappa shape index (κ3) is 1.16. The molecule has 0 spiro atoms. The molecule has 0 heterocycles. The van der Waals surface area contributed by atoms with Gasteiger partial charge in [0.15, 0.2) is 0 Å². The smallest absolute Gasteiger partial charge is 0.0915 e. The average Bonchev–Trinajstić information content (AvgIpc) is 2.73. The van der Waals surface area contributed by atoms with E-state index < -0.39 is 5.60 Å². The fraction of sp³-hybridized carbons (Fsp3) is 0.867. The predicted molar refractivity (Wildman–Crippen MR) is 66.0 cm³/mol. The maximum atomic E-state index is 11.1. The SMILES string of the molecule is CC1CC[C@]2(O)C1=CC(C)(C)C[C@H]1C[C@]12C. The lowest BCUT2D eigenvalue weighted by atomic mass is 9.78. The highest BCUT2D eigenvalue weighted by molar-refractivity contribution is 5.36. The standard InChI is InChI=1S/C15H24O/c1-10-5-6-15(16)12(10)9-13(2,3)7-11-8-14(11,15)4/h9-11,16H,5-8H2,1-4H3/t10?,11-,14+,15-/m0/s1. The highest BCUT2D eigenvalue weighted by Gasteiger charge is 2.67. The molecule has 1 N–H and O–H groups in total. The summed E-state index contributed by atoms with van der Waals surface area (Å²) < 4.78 is 0. The summed E-state index contributed by atoms with van der Waals surface area (Å²) in [6, 6.07) is 0. The van der Waals surface area contributed by atoms with Crippen LogP contribution in [-0.2, 0) is 0 Å². The van der Waals surface area contributed by atoms with Crippen molar-refractivity contribution in [3.05, 3.63) is 11.6 Å². The molecule has 0 amide bonds. The molecular formula is C15H24O. The maximum Gasteiger partial charge on any atom is 0.0915 e. The lowest BCUT2D eigenvalue weighted by Crippen LogP contribution is -2.38. The topological polar surface area (TPSA) is 20.2 Å². The zero-order valence-corrected chi connectivity index (χ0v) is 11.0. The van der Waals surface area contributed by atoms with E-state index >= 15 is 0 Å². The monoisotopic (exact) mass is 220 g/mol. The van der Waals surface area contributed by atoms with Gasteiger partial charge in [-0.1, -0.05) is 33.8 Å². The van der Waals surface area contributed by atoms with E-state index in [0.717, 1.165) is 12.3 Å². The molecule has 2 saturated carbocycles. The van der Waals surface area contributed by atoms with E-state index in [2.05, 4.69) is 33.8 Å². The van der Waals surface area contributed by atoms with E-state index in [-0.39, 0.29) is 10.8 Å². The average molecular weight is 220 g/mol. The fourth-order valence-corrected chi connectivity index (χ4v) is 4.38. The van der Waals surface area contributed by atoms with Crippen molar-refractivity contribution in [1.29, 1.82) is 0 Å². The number of fused-ring (bicyclic) bond motifs is 3. The summed E-state index contributed by atoms with van der Waals surface area (Å²) in [7, 11) is 0. The Balaban J connectivity index is 2.12. The molecule has 0 aromatic carbocycles. The van der Waals surface area contributed by atoms with Crippen LogP contribution in [0.5, 0.6) is 0 Å². The van der Waals surface area contributed by atoms with Gasteiger partial charge in [0.05, 0.1) is 5.60 Å². The molecule has 0 aromatic rings.